The van der Waals surface area contributed by atoms with E-state index in [2.05, 4.69) is 46.2 Å². The molecule has 2 aromatic carbocycles. The Kier molecular flexibility index (Phi) is 6.59. The number of thiophene rings is 1. The minimum Gasteiger partial charge on any atom is -0.497 e. The highest BCUT2D eigenvalue weighted by atomic mass is 32.1. The molecular formula is C30H32N4O3S. The van der Waals surface area contributed by atoms with E-state index in [1.807, 2.05) is 65.6 Å². The number of urea groups is 1. The van der Waals surface area contributed by atoms with Crippen molar-refractivity contribution in [2.75, 3.05) is 32.6 Å². The molecule has 1 atom stereocenters. The molecule has 0 fully saturated rings. The van der Waals surface area contributed by atoms with Crippen molar-refractivity contribution in [2.45, 2.75) is 32.5 Å². The Morgan fingerprint density at radius 1 is 1.08 bits per heavy atom. The van der Waals surface area contributed by atoms with Gasteiger partial charge in [-0.1, -0.05) is 24.3 Å². The first kappa shape index (κ1) is 24.6. The van der Waals surface area contributed by atoms with Gasteiger partial charge in [-0.15, -0.1) is 11.3 Å². The lowest BCUT2D eigenvalue weighted by Gasteiger charge is -2.32. The summed E-state index contributed by atoms with van der Waals surface area (Å²) in [5.41, 5.74) is 5.35. The molecule has 0 aliphatic carbocycles. The van der Waals surface area contributed by atoms with Crippen molar-refractivity contribution in [3.05, 3.63) is 94.1 Å². The zero-order valence-corrected chi connectivity index (χ0v) is 22.8. The van der Waals surface area contributed by atoms with Gasteiger partial charge in [0.1, 0.15) is 16.5 Å². The molecule has 2 aliphatic heterocycles. The zero-order valence-electron chi connectivity index (χ0n) is 21.9. The summed E-state index contributed by atoms with van der Waals surface area (Å²) in [4.78, 5) is 19.9. The Morgan fingerprint density at radius 3 is 2.79 bits per heavy atom. The van der Waals surface area contributed by atoms with Gasteiger partial charge in [-0.05, 0) is 67.9 Å². The molecule has 1 unspecified atom stereocenters. The van der Waals surface area contributed by atoms with Crippen LogP contribution in [-0.4, -0.2) is 47.7 Å². The van der Waals surface area contributed by atoms with Crippen LogP contribution in [0.15, 0.2) is 66.9 Å². The number of aromatic nitrogens is 1. The van der Waals surface area contributed by atoms with Crippen LogP contribution in [0.2, 0.25) is 0 Å². The molecule has 0 spiro atoms. The second-order valence-electron chi connectivity index (χ2n) is 9.74. The van der Waals surface area contributed by atoms with E-state index in [1.54, 1.807) is 7.11 Å². The normalized spacial score (nSPS) is 16.7. The summed E-state index contributed by atoms with van der Waals surface area (Å²) in [6.45, 7) is 4.93. The van der Waals surface area contributed by atoms with Gasteiger partial charge in [0.15, 0.2) is 0 Å². The first-order valence-electron chi connectivity index (χ1n) is 13.0. The second kappa shape index (κ2) is 10.2. The van der Waals surface area contributed by atoms with Crippen LogP contribution in [0.1, 0.15) is 40.2 Å². The van der Waals surface area contributed by atoms with Gasteiger partial charge in [-0.2, -0.15) is 0 Å². The molecule has 0 saturated carbocycles. The van der Waals surface area contributed by atoms with Crippen molar-refractivity contribution in [2.24, 2.45) is 0 Å². The lowest BCUT2D eigenvalue weighted by Crippen LogP contribution is -2.38. The summed E-state index contributed by atoms with van der Waals surface area (Å²) in [7, 11) is 3.84. The minimum atomic E-state index is -0.305. The van der Waals surface area contributed by atoms with Crippen LogP contribution in [0.5, 0.6) is 11.5 Å². The fourth-order valence-electron chi connectivity index (χ4n) is 5.55. The number of carbonyl (C=O) groups excluding carboxylic acids is 1. The Balaban J connectivity index is 1.49. The first-order valence-corrected chi connectivity index (χ1v) is 13.8. The zero-order chi connectivity index (χ0) is 26.2. The van der Waals surface area contributed by atoms with E-state index in [0.717, 1.165) is 36.5 Å². The molecule has 196 valence electrons. The molecule has 0 saturated heterocycles. The summed E-state index contributed by atoms with van der Waals surface area (Å²) in [6.07, 6.45) is 3.11. The van der Waals surface area contributed by atoms with Crippen LogP contribution >= 0.6 is 11.3 Å². The number of nitrogens with one attached hydrogen (secondary N) is 1. The topological polar surface area (TPSA) is 59.0 Å². The molecule has 6 rings (SSSR count). The van der Waals surface area contributed by atoms with E-state index in [0.29, 0.717) is 24.6 Å². The van der Waals surface area contributed by atoms with Crippen LogP contribution in [0, 0.1) is 0 Å². The number of hydrogen-bond acceptors (Lipinski definition) is 5. The summed E-state index contributed by atoms with van der Waals surface area (Å²) < 4.78 is 13.7. The second-order valence-corrected chi connectivity index (χ2v) is 10.8. The fraction of sp³-hybridized carbons (Fsp3) is 0.300. The highest BCUT2D eigenvalue weighted by molar-refractivity contribution is 7.15. The first-order chi connectivity index (χ1) is 18.6. The number of para-hydroxylation sites is 2. The maximum absolute atomic E-state index is 14.2. The van der Waals surface area contributed by atoms with Crippen molar-refractivity contribution in [1.82, 2.24) is 14.4 Å². The molecule has 38 heavy (non-hydrogen) atoms. The summed E-state index contributed by atoms with van der Waals surface area (Å²) in [6, 6.07) is 19.3. The number of hydrogen-bond donors (Lipinski definition) is 1. The van der Waals surface area contributed by atoms with Crippen LogP contribution < -0.4 is 14.8 Å². The van der Waals surface area contributed by atoms with Crippen molar-refractivity contribution in [3.63, 3.8) is 0 Å². The fourth-order valence-corrected chi connectivity index (χ4v) is 6.99. The number of likely N-dealkylation sites (N-methyl/N-ethyl adjacent to an activating group) is 1. The van der Waals surface area contributed by atoms with Crippen LogP contribution in [0.4, 0.5) is 10.5 Å². The van der Waals surface area contributed by atoms with Gasteiger partial charge in [0.2, 0.25) is 0 Å². The number of carbonyl (C=O) groups is 1. The molecule has 2 aliphatic rings. The van der Waals surface area contributed by atoms with Crippen LogP contribution in [0.3, 0.4) is 0 Å². The number of ether oxygens (including phenoxy) is 2. The van der Waals surface area contributed by atoms with E-state index in [4.69, 9.17) is 9.47 Å². The van der Waals surface area contributed by atoms with Gasteiger partial charge in [0.25, 0.3) is 0 Å². The van der Waals surface area contributed by atoms with Gasteiger partial charge in [-0.3, -0.25) is 0 Å². The Bertz CT molecular complexity index is 1480. The van der Waals surface area contributed by atoms with Gasteiger partial charge in [0, 0.05) is 29.7 Å². The standard InChI is InChI=1S/C30H32N4O3S/c1-4-37-26-13-6-5-11-24(26)31-30(35)34-18-23-22-14-16-32(2)19-27(22)38-29(23)33-15-8-12-25(33)28(34)20-9-7-10-21(17-20)36-3/h5-13,15,17,28H,4,14,16,18-19H2,1-3H3,(H,31,35). The third-order valence-corrected chi connectivity index (χ3v) is 8.61. The Hall–Kier alpha value is -3.75. The largest absolute Gasteiger partial charge is 0.497 e. The third kappa shape index (κ3) is 4.33. The van der Waals surface area contributed by atoms with E-state index >= 15 is 0 Å². The van der Waals surface area contributed by atoms with Crippen LogP contribution in [0.25, 0.3) is 5.00 Å². The maximum Gasteiger partial charge on any atom is 0.323 e. The number of rotatable bonds is 5. The summed E-state index contributed by atoms with van der Waals surface area (Å²) >= 11 is 1.85. The molecule has 7 nitrogen and oxygen atoms in total. The number of methoxy groups -OCH3 is 1. The lowest BCUT2D eigenvalue weighted by molar-refractivity contribution is 0.194. The van der Waals surface area contributed by atoms with E-state index in [9.17, 15) is 4.79 Å². The molecule has 2 amide bonds. The predicted molar refractivity (Wildman–Crippen MR) is 151 cm³/mol. The average molecular weight is 529 g/mol. The summed E-state index contributed by atoms with van der Waals surface area (Å²) in [5, 5.41) is 4.38. The van der Waals surface area contributed by atoms with E-state index in [1.165, 1.54) is 21.0 Å². The smallest absolute Gasteiger partial charge is 0.323 e. The maximum atomic E-state index is 14.2. The van der Waals surface area contributed by atoms with E-state index in [-0.39, 0.29) is 12.1 Å². The predicted octanol–water partition coefficient (Wildman–Crippen LogP) is 6.07. The van der Waals surface area contributed by atoms with Crippen molar-refractivity contribution < 1.29 is 14.3 Å². The Morgan fingerprint density at radius 2 is 1.95 bits per heavy atom. The van der Waals surface area contributed by atoms with Crippen molar-refractivity contribution in [3.8, 4) is 16.5 Å². The molecule has 2 aromatic heterocycles. The number of fused-ring (bicyclic) bond motifs is 5. The number of anilines is 1. The summed E-state index contributed by atoms with van der Waals surface area (Å²) in [5.74, 6) is 1.43. The van der Waals surface area contributed by atoms with Crippen LogP contribution in [-0.2, 0) is 19.5 Å². The molecule has 0 bridgehead atoms. The van der Waals surface area contributed by atoms with Crippen molar-refractivity contribution >= 4 is 23.1 Å². The molecular weight excluding hydrogens is 496 g/mol. The van der Waals surface area contributed by atoms with Gasteiger partial charge < -0.3 is 29.2 Å². The van der Waals surface area contributed by atoms with Gasteiger partial charge >= 0.3 is 6.03 Å². The molecule has 4 aromatic rings. The highest BCUT2D eigenvalue weighted by Gasteiger charge is 2.36. The highest BCUT2D eigenvalue weighted by Crippen LogP contribution is 2.44. The van der Waals surface area contributed by atoms with Gasteiger partial charge in [0.05, 0.1) is 37.7 Å². The molecule has 8 heteroatoms. The van der Waals surface area contributed by atoms with E-state index < -0.39 is 0 Å². The third-order valence-electron chi connectivity index (χ3n) is 7.35. The SMILES string of the molecule is CCOc1ccccc1NC(=O)N1Cc2c(sc3c2CCN(C)C3)-n2cccc2C1c1cccc(OC)c1. The average Bonchev–Trinajstić information content (AvgIpc) is 3.51. The van der Waals surface area contributed by atoms with Crippen molar-refractivity contribution in [1.29, 1.82) is 0 Å². The molecule has 0 radical (unpaired) electrons. The lowest BCUT2D eigenvalue weighted by atomic mass is 10.00. The Labute approximate surface area is 227 Å². The number of nitrogens with zero attached hydrogens (tertiary/aromatic N) is 3. The monoisotopic (exact) mass is 528 g/mol. The van der Waals surface area contributed by atoms with Gasteiger partial charge in [-0.25, -0.2) is 4.79 Å². The quantitative estimate of drug-likeness (QED) is 0.342. The number of benzene rings is 2. The molecule has 4 heterocycles. The molecule has 1 N–H and O–H groups in total. The minimum absolute atomic E-state index is 0.168. The number of amides is 2.